The summed E-state index contributed by atoms with van der Waals surface area (Å²) in [4.78, 5) is 6.77. The SMILES string of the molecule is CCc1ncc(S(=O)(=O)N(C)CCCN)[nH]1. The van der Waals surface area contributed by atoms with E-state index in [1.165, 1.54) is 17.5 Å². The van der Waals surface area contributed by atoms with Crippen LogP contribution in [0.1, 0.15) is 19.2 Å². The van der Waals surface area contributed by atoms with E-state index in [0.29, 0.717) is 31.8 Å². The molecule has 1 heterocycles. The van der Waals surface area contributed by atoms with Crippen molar-refractivity contribution in [2.45, 2.75) is 24.8 Å². The van der Waals surface area contributed by atoms with E-state index < -0.39 is 10.0 Å². The lowest BCUT2D eigenvalue weighted by Gasteiger charge is -2.14. The molecule has 92 valence electrons. The van der Waals surface area contributed by atoms with E-state index in [-0.39, 0.29) is 5.03 Å². The summed E-state index contributed by atoms with van der Waals surface area (Å²) in [7, 11) is -1.90. The second-order valence-electron chi connectivity index (χ2n) is 3.52. The average molecular weight is 246 g/mol. The number of nitrogens with one attached hydrogen (secondary N) is 1. The molecule has 3 N–H and O–H groups in total. The highest BCUT2D eigenvalue weighted by atomic mass is 32.2. The summed E-state index contributed by atoms with van der Waals surface area (Å²) in [6, 6.07) is 0. The predicted octanol–water partition coefficient (Wildman–Crippen LogP) is -0.0586. The van der Waals surface area contributed by atoms with Crippen LogP contribution in [0.15, 0.2) is 11.2 Å². The first-order valence-corrected chi connectivity index (χ1v) is 6.66. The lowest BCUT2D eigenvalue weighted by Crippen LogP contribution is -2.29. The van der Waals surface area contributed by atoms with Crippen molar-refractivity contribution in [2.24, 2.45) is 5.73 Å². The maximum absolute atomic E-state index is 12.0. The Bertz CT molecular complexity index is 426. The van der Waals surface area contributed by atoms with Crippen LogP contribution in [0.2, 0.25) is 0 Å². The molecule has 0 unspecified atom stereocenters. The van der Waals surface area contributed by atoms with Gasteiger partial charge in [0.1, 0.15) is 5.82 Å². The van der Waals surface area contributed by atoms with Crippen molar-refractivity contribution < 1.29 is 8.42 Å². The van der Waals surface area contributed by atoms with Crippen LogP contribution >= 0.6 is 0 Å². The van der Waals surface area contributed by atoms with Crippen molar-refractivity contribution >= 4 is 10.0 Å². The second kappa shape index (κ2) is 5.42. The van der Waals surface area contributed by atoms with Gasteiger partial charge in [-0.2, -0.15) is 4.31 Å². The molecule has 1 aromatic heterocycles. The quantitative estimate of drug-likeness (QED) is 0.735. The highest BCUT2D eigenvalue weighted by Gasteiger charge is 2.22. The molecule has 0 saturated heterocycles. The van der Waals surface area contributed by atoms with Crippen LogP contribution in [0.3, 0.4) is 0 Å². The zero-order chi connectivity index (χ0) is 12.2. The molecule has 0 fully saturated rings. The van der Waals surface area contributed by atoms with Crippen molar-refractivity contribution in [3.63, 3.8) is 0 Å². The van der Waals surface area contributed by atoms with E-state index in [1.807, 2.05) is 6.92 Å². The predicted molar refractivity (Wildman–Crippen MR) is 61.5 cm³/mol. The molecule has 0 aliphatic rings. The van der Waals surface area contributed by atoms with Crippen LogP contribution in [0, 0.1) is 0 Å². The van der Waals surface area contributed by atoms with Crippen LogP contribution < -0.4 is 5.73 Å². The topological polar surface area (TPSA) is 92.1 Å². The van der Waals surface area contributed by atoms with Crippen molar-refractivity contribution in [2.75, 3.05) is 20.1 Å². The Morgan fingerprint density at radius 1 is 1.56 bits per heavy atom. The molecule has 1 rings (SSSR count). The van der Waals surface area contributed by atoms with Gasteiger partial charge in [0.05, 0.1) is 6.20 Å². The molecular weight excluding hydrogens is 228 g/mol. The van der Waals surface area contributed by atoms with E-state index in [9.17, 15) is 8.42 Å². The molecule has 0 radical (unpaired) electrons. The first kappa shape index (κ1) is 13.1. The third-order valence-corrected chi connectivity index (χ3v) is 4.07. The molecule has 7 heteroatoms. The molecule has 0 aliphatic heterocycles. The van der Waals surface area contributed by atoms with Crippen LogP contribution in [0.5, 0.6) is 0 Å². The van der Waals surface area contributed by atoms with Crippen molar-refractivity contribution in [1.82, 2.24) is 14.3 Å². The summed E-state index contributed by atoms with van der Waals surface area (Å²) in [5, 5.41) is 0.142. The number of nitrogens with two attached hydrogens (primary N) is 1. The van der Waals surface area contributed by atoms with Gasteiger partial charge >= 0.3 is 0 Å². The standard InChI is InChI=1S/C9H18N4O2S/c1-3-8-11-7-9(12-8)16(14,15)13(2)6-4-5-10/h7H,3-6,10H2,1-2H3,(H,11,12). The van der Waals surface area contributed by atoms with Gasteiger partial charge in [-0.3, -0.25) is 0 Å². The van der Waals surface area contributed by atoms with Gasteiger partial charge in [-0.05, 0) is 13.0 Å². The third kappa shape index (κ3) is 2.81. The van der Waals surface area contributed by atoms with Gasteiger partial charge < -0.3 is 10.7 Å². The Labute approximate surface area is 95.9 Å². The molecule has 1 aromatic rings. The monoisotopic (exact) mass is 246 g/mol. The molecule has 6 nitrogen and oxygen atoms in total. The van der Waals surface area contributed by atoms with Gasteiger partial charge in [0, 0.05) is 20.0 Å². The minimum absolute atomic E-state index is 0.142. The number of aryl methyl sites for hydroxylation is 1. The van der Waals surface area contributed by atoms with Crippen LogP contribution in [-0.2, 0) is 16.4 Å². The fraction of sp³-hybridized carbons (Fsp3) is 0.667. The molecule has 0 spiro atoms. The summed E-state index contributed by atoms with van der Waals surface area (Å²) in [5.74, 6) is 0.672. The van der Waals surface area contributed by atoms with Gasteiger partial charge in [0.2, 0.25) is 0 Å². The lowest BCUT2D eigenvalue weighted by molar-refractivity contribution is 0.461. The Morgan fingerprint density at radius 3 is 2.75 bits per heavy atom. The van der Waals surface area contributed by atoms with Crippen molar-refractivity contribution in [1.29, 1.82) is 0 Å². The number of imidazole rings is 1. The first-order chi connectivity index (χ1) is 7.52. The minimum atomic E-state index is -3.44. The number of H-pyrrole nitrogens is 1. The maximum Gasteiger partial charge on any atom is 0.259 e. The molecule has 0 aliphatic carbocycles. The molecule has 0 saturated carbocycles. The van der Waals surface area contributed by atoms with Crippen molar-refractivity contribution in [3.05, 3.63) is 12.0 Å². The fourth-order valence-corrected chi connectivity index (χ4v) is 2.39. The minimum Gasteiger partial charge on any atom is -0.332 e. The zero-order valence-corrected chi connectivity index (χ0v) is 10.4. The number of rotatable bonds is 6. The number of aromatic amines is 1. The Morgan fingerprint density at radius 2 is 2.25 bits per heavy atom. The van der Waals surface area contributed by atoms with E-state index in [1.54, 1.807) is 0 Å². The van der Waals surface area contributed by atoms with Crippen LogP contribution in [0.25, 0.3) is 0 Å². The van der Waals surface area contributed by atoms with Gasteiger partial charge in [0.25, 0.3) is 10.0 Å². The molecular formula is C9H18N4O2S. The number of nitrogens with zero attached hydrogens (tertiary/aromatic N) is 2. The number of hydrogen-bond acceptors (Lipinski definition) is 4. The maximum atomic E-state index is 12.0. The van der Waals surface area contributed by atoms with Gasteiger partial charge in [-0.1, -0.05) is 6.92 Å². The summed E-state index contributed by atoms with van der Waals surface area (Å²) in [6.45, 7) is 2.80. The fourth-order valence-electron chi connectivity index (χ4n) is 1.26. The van der Waals surface area contributed by atoms with Crippen LogP contribution in [0.4, 0.5) is 0 Å². The van der Waals surface area contributed by atoms with Gasteiger partial charge in [-0.15, -0.1) is 0 Å². The Hall–Kier alpha value is -0.920. The van der Waals surface area contributed by atoms with Gasteiger partial charge in [-0.25, -0.2) is 13.4 Å². The van der Waals surface area contributed by atoms with Crippen molar-refractivity contribution in [3.8, 4) is 0 Å². The smallest absolute Gasteiger partial charge is 0.259 e. The summed E-state index contributed by atoms with van der Waals surface area (Å²) in [6.07, 6.45) is 2.68. The van der Waals surface area contributed by atoms with E-state index in [2.05, 4.69) is 9.97 Å². The molecule has 16 heavy (non-hydrogen) atoms. The normalized spacial score (nSPS) is 12.2. The number of sulfonamides is 1. The van der Waals surface area contributed by atoms with E-state index in [0.717, 1.165) is 0 Å². The second-order valence-corrected chi connectivity index (χ2v) is 5.53. The molecule has 0 atom stereocenters. The third-order valence-electron chi connectivity index (χ3n) is 2.31. The van der Waals surface area contributed by atoms with E-state index >= 15 is 0 Å². The molecule has 0 aromatic carbocycles. The molecule has 0 amide bonds. The van der Waals surface area contributed by atoms with Gasteiger partial charge in [0.15, 0.2) is 5.03 Å². The van der Waals surface area contributed by atoms with E-state index in [4.69, 9.17) is 5.73 Å². The highest BCUT2D eigenvalue weighted by Crippen LogP contribution is 2.11. The first-order valence-electron chi connectivity index (χ1n) is 5.22. The molecule has 0 bridgehead atoms. The zero-order valence-electron chi connectivity index (χ0n) is 9.60. The van der Waals surface area contributed by atoms with Crippen LogP contribution in [-0.4, -0.2) is 42.8 Å². The Kier molecular flexibility index (Phi) is 4.45. The largest absolute Gasteiger partial charge is 0.332 e. The summed E-state index contributed by atoms with van der Waals surface area (Å²) in [5.41, 5.74) is 5.34. The average Bonchev–Trinajstić information content (AvgIpc) is 2.74. The summed E-state index contributed by atoms with van der Waals surface area (Å²) < 4.78 is 25.2. The highest BCUT2D eigenvalue weighted by molar-refractivity contribution is 7.89. The Balaban J connectivity index is 2.84. The lowest BCUT2D eigenvalue weighted by atomic mass is 10.4. The number of aromatic nitrogens is 2. The number of hydrogen-bond donors (Lipinski definition) is 2. The summed E-state index contributed by atoms with van der Waals surface area (Å²) >= 11 is 0.